The number of rotatable bonds is 4. The Morgan fingerprint density at radius 3 is 2.72 bits per heavy atom. The first-order valence-electron chi connectivity index (χ1n) is 6.18. The van der Waals surface area contributed by atoms with Gasteiger partial charge in [0.1, 0.15) is 5.82 Å². The number of benzene rings is 1. The molecule has 1 aliphatic heterocycles. The van der Waals surface area contributed by atoms with E-state index in [0.717, 1.165) is 26.2 Å². The maximum Gasteiger partial charge on any atom is 0.123 e. The van der Waals surface area contributed by atoms with Crippen molar-refractivity contribution in [3.63, 3.8) is 0 Å². The van der Waals surface area contributed by atoms with Crippen LogP contribution in [-0.2, 0) is 0 Å². The van der Waals surface area contributed by atoms with Gasteiger partial charge in [0, 0.05) is 37.2 Å². The Labute approximate surface area is 111 Å². The molecular formula is C13H17ClF2N2. The molecule has 18 heavy (non-hydrogen) atoms. The van der Waals surface area contributed by atoms with Gasteiger partial charge in [-0.25, -0.2) is 4.39 Å². The molecule has 5 heteroatoms. The summed E-state index contributed by atoms with van der Waals surface area (Å²) in [7, 11) is 0. The van der Waals surface area contributed by atoms with Crippen LogP contribution >= 0.6 is 11.6 Å². The summed E-state index contributed by atoms with van der Waals surface area (Å²) in [5.41, 5.74) is 0.691. The molecule has 1 fully saturated rings. The minimum absolute atomic E-state index is 0.139. The van der Waals surface area contributed by atoms with Crippen molar-refractivity contribution in [3.05, 3.63) is 34.6 Å². The smallest absolute Gasteiger partial charge is 0.123 e. The summed E-state index contributed by atoms with van der Waals surface area (Å²) in [6.07, 6.45) is 0.350. The highest BCUT2D eigenvalue weighted by atomic mass is 35.5. The largest absolute Gasteiger partial charge is 0.314 e. The van der Waals surface area contributed by atoms with Crippen LogP contribution in [0.4, 0.5) is 8.78 Å². The van der Waals surface area contributed by atoms with Gasteiger partial charge in [0.2, 0.25) is 0 Å². The minimum atomic E-state index is -0.429. The van der Waals surface area contributed by atoms with Crippen LogP contribution in [0.25, 0.3) is 0 Å². The van der Waals surface area contributed by atoms with Gasteiger partial charge in [-0.05, 0) is 30.2 Å². The Morgan fingerprint density at radius 2 is 2.06 bits per heavy atom. The van der Waals surface area contributed by atoms with Crippen molar-refractivity contribution >= 4 is 11.6 Å². The van der Waals surface area contributed by atoms with Crippen LogP contribution in [0, 0.1) is 5.82 Å². The highest BCUT2D eigenvalue weighted by molar-refractivity contribution is 6.31. The molecule has 1 N–H and O–H groups in total. The first-order chi connectivity index (χ1) is 8.72. The van der Waals surface area contributed by atoms with E-state index in [2.05, 4.69) is 10.2 Å². The Balaban J connectivity index is 2.24. The minimum Gasteiger partial charge on any atom is -0.314 e. The van der Waals surface area contributed by atoms with Crippen LogP contribution in [-0.4, -0.2) is 37.8 Å². The standard InChI is InChI=1S/C13H17ClF2N2/c14-12-2-1-10(16)9-11(12)13(3-4-15)18-7-5-17-6-8-18/h1-2,9,13,17H,3-8H2/t13-/m0/s1. The summed E-state index contributed by atoms with van der Waals surface area (Å²) in [4.78, 5) is 2.16. The predicted octanol–water partition coefficient (Wildman–Crippen LogP) is 2.79. The van der Waals surface area contributed by atoms with E-state index in [0.29, 0.717) is 17.0 Å². The van der Waals surface area contributed by atoms with E-state index in [1.807, 2.05) is 0 Å². The molecule has 1 aromatic rings. The van der Waals surface area contributed by atoms with Crippen LogP contribution in [0.3, 0.4) is 0 Å². The molecule has 0 bridgehead atoms. The number of piperazine rings is 1. The molecule has 0 saturated carbocycles. The fraction of sp³-hybridized carbons (Fsp3) is 0.538. The molecule has 1 atom stereocenters. The van der Waals surface area contributed by atoms with Gasteiger partial charge in [-0.2, -0.15) is 0 Å². The Morgan fingerprint density at radius 1 is 1.33 bits per heavy atom. The second kappa shape index (κ2) is 6.45. The van der Waals surface area contributed by atoms with Crippen molar-refractivity contribution in [3.8, 4) is 0 Å². The van der Waals surface area contributed by atoms with E-state index in [4.69, 9.17) is 11.6 Å². The van der Waals surface area contributed by atoms with Gasteiger partial charge in [0.25, 0.3) is 0 Å². The lowest BCUT2D eigenvalue weighted by Gasteiger charge is -2.35. The normalized spacial score (nSPS) is 18.8. The highest BCUT2D eigenvalue weighted by Crippen LogP contribution is 2.31. The molecule has 0 aromatic heterocycles. The van der Waals surface area contributed by atoms with Crippen LogP contribution in [0.1, 0.15) is 18.0 Å². The molecule has 1 heterocycles. The molecule has 1 aliphatic rings. The van der Waals surface area contributed by atoms with E-state index in [9.17, 15) is 8.78 Å². The lowest BCUT2D eigenvalue weighted by molar-refractivity contribution is 0.157. The lowest BCUT2D eigenvalue weighted by atomic mass is 10.0. The summed E-state index contributed by atoms with van der Waals surface area (Å²) in [6.45, 7) is 2.97. The first-order valence-corrected chi connectivity index (χ1v) is 6.56. The first kappa shape index (κ1) is 13.7. The number of alkyl halides is 1. The third-order valence-corrected chi connectivity index (χ3v) is 3.64. The molecule has 0 amide bonds. The Hall–Kier alpha value is -0.710. The summed E-state index contributed by atoms with van der Waals surface area (Å²) < 4.78 is 26.1. The number of hydrogen-bond acceptors (Lipinski definition) is 2. The summed E-state index contributed by atoms with van der Waals surface area (Å²) in [5.74, 6) is -0.326. The highest BCUT2D eigenvalue weighted by Gasteiger charge is 2.24. The van der Waals surface area contributed by atoms with E-state index in [-0.39, 0.29) is 11.9 Å². The van der Waals surface area contributed by atoms with Gasteiger partial charge in [-0.3, -0.25) is 9.29 Å². The summed E-state index contributed by atoms with van der Waals surface area (Å²) in [5, 5.41) is 3.75. The van der Waals surface area contributed by atoms with Crippen molar-refractivity contribution in [2.75, 3.05) is 32.9 Å². The van der Waals surface area contributed by atoms with Gasteiger partial charge in [0.15, 0.2) is 0 Å². The van der Waals surface area contributed by atoms with Crippen molar-refractivity contribution in [2.45, 2.75) is 12.5 Å². The Bertz CT molecular complexity index is 395. The molecule has 0 unspecified atom stereocenters. The van der Waals surface area contributed by atoms with Gasteiger partial charge in [-0.1, -0.05) is 11.6 Å². The topological polar surface area (TPSA) is 15.3 Å². The SMILES string of the molecule is FCC[C@@H](c1cc(F)ccc1Cl)N1CCNCC1. The second-order valence-electron chi connectivity index (χ2n) is 4.45. The van der Waals surface area contributed by atoms with E-state index in [1.54, 1.807) is 6.07 Å². The zero-order valence-electron chi connectivity index (χ0n) is 10.1. The van der Waals surface area contributed by atoms with Crippen LogP contribution in [0.15, 0.2) is 18.2 Å². The van der Waals surface area contributed by atoms with Crippen molar-refractivity contribution < 1.29 is 8.78 Å². The summed E-state index contributed by atoms with van der Waals surface area (Å²) >= 11 is 6.11. The molecule has 0 aliphatic carbocycles. The molecule has 1 aromatic carbocycles. The van der Waals surface area contributed by atoms with Crippen LogP contribution < -0.4 is 5.32 Å². The Kier molecular flexibility index (Phi) is 4.92. The van der Waals surface area contributed by atoms with Gasteiger partial charge in [-0.15, -0.1) is 0 Å². The van der Waals surface area contributed by atoms with E-state index < -0.39 is 6.67 Å². The van der Waals surface area contributed by atoms with Crippen LogP contribution in [0.5, 0.6) is 0 Å². The number of nitrogens with zero attached hydrogens (tertiary/aromatic N) is 1. The summed E-state index contributed by atoms with van der Waals surface area (Å²) in [6, 6.07) is 4.15. The van der Waals surface area contributed by atoms with E-state index >= 15 is 0 Å². The number of nitrogens with one attached hydrogen (secondary N) is 1. The monoisotopic (exact) mass is 274 g/mol. The molecule has 100 valence electrons. The average Bonchev–Trinajstić information content (AvgIpc) is 2.40. The van der Waals surface area contributed by atoms with Crippen molar-refractivity contribution in [2.24, 2.45) is 0 Å². The fourth-order valence-electron chi connectivity index (χ4n) is 2.40. The third kappa shape index (κ3) is 3.19. The molecule has 2 rings (SSSR count). The average molecular weight is 275 g/mol. The van der Waals surface area contributed by atoms with Gasteiger partial charge < -0.3 is 5.32 Å². The second-order valence-corrected chi connectivity index (χ2v) is 4.85. The van der Waals surface area contributed by atoms with Crippen molar-refractivity contribution in [1.29, 1.82) is 0 Å². The van der Waals surface area contributed by atoms with E-state index in [1.165, 1.54) is 12.1 Å². The number of halogens is 3. The molecule has 0 spiro atoms. The molecule has 2 nitrogen and oxygen atoms in total. The molecule has 0 radical (unpaired) electrons. The quantitative estimate of drug-likeness (QED) is 0.908. The number of hydrogen-bond donors (Lipinski definition) is 1. The maximum atomic E-state index is 13.3. The lowest BCUT2D eigenvalue weighted by Crippen LogP contribution is -2.45. The molecular weight excluding hydrogens is 258 g/mol. The van der Waals surface area contributed by atoms with Crippen LogP contribution in [0.2, 0.25) is 5.02 Å². The van der Waals surface area contributed by atoms with Crippen molar-refractivity contribution in [1.82, 2.24) is 10.2 Å². The molecule has 1 saturated heterocycles. The third-order valence-electron chi connectivity index (χ3n) is 3.29. The maximum absolute atomic E-state index is 13.3. The zero-order chi connectivity index (χ0) is 13.0. The predicted molar refractivity (Wildman–Crippen MR) is 69.2 cm³/mol. The van der Waals surface area contributed by atoms with Gasteiger partial charge >= 0.3 is 0 Å². The zero-order valence-corrected chi connectivity index (χ0v) is 10.9. The van der Waals surface area contributed by atoms with Gasteiger partial charge in [0.05, 0.1) is 6.67 Å². The fourth-order valence-corrected chi connectivity index (χ4v) is 2.65.